The highest BCUT2D eigenvalue weighted by atomic mass is 35.5. The molecule has 0 aromatic heterocycles. The lowest BCUT2D eigenvalue weighted by molar-refractivity contribution is -0.116. The average molecular weight is 391 g/mol. The first-order chi connectivity index (χ1) is 12.5. The number of amides is 2. The molecule has 2 aromatic rings. The van der Waals surface area contributed by atoms with Crippen molar-refractivity contribution in [1.29, 1.82) is 0 Å². The molecule has 0 fully saturated rings. The summed E-state index contributed by atoms with van der Waals surface area (Å²) in [4.78, 5) is 25.0. The standard InChI is InChI=1S/C20H23ClN2O2S/c1-3-4-9-19(24)22-15-10-12-16(13-11-15)26-14(2)20(25)23-18-8-6-5-7-17(18)21/h5-8,10-14H,3-4,9H2,1-2H3,(H,22,24)(H,23,25). The van der Waals surface area contributed by atoms with Gasteiger partial charge in [-0.3, -0.25) is 9.59 Å². The quantitative estimate of drug-likeness (QED) is 0.578. The highest BCUT2D eigenvalue weighted by Crippen LogP contribution is 2.27. The topological polar surface area (TPSA) is 58.2 Å². The third-order valence-corrected chi connectivity index (χ3v) is 5.15. The molecule has 2 N–H and O–H groups in total. The number of nitrogens with one attached hydrogen (secondary N) is 2. The first kappa shape index (κ1) is 20.3. The van der Waals surface area contributed by atoms with Gasteiger partial charge >= 0.3 is 0 Å². The number of hydrogen-bond donors (Lipinski definition) is 2. The number of anilines is 2. The summed E-state index contributed by atoms with van der Waals surface area (Å²) < 4.78 is 0. The number of halogens is 1. The Bertz CT molecular complexity index is 750. The molecular weight excluding hydrogens is 368 g/mol. The van der Waals surface area contributed by atoms with E-state index in [1.165, 1.54) is 11.8 Å². The Kier molecular flexibility index (Phi) is 8.01. The lowest BCUT2D eigenvalue weighted by atomic mass is 10.2. The summed E-state index contributed by atoms with van der Waals surface area (Å²) in [6.45, 7) is 3.90. The average Bonchev–Trinajstić information content (AvgIpc) is 2.63. The fourth-order valence-corrected chi connectivity index (χ4v) is 3.28. The van der Waals surface area contributed by atoms with Gasteiger partial charge in [0.1, 0.15) is 0 Å². The third-order valence-electron chi connectivity index (χ3n) is 3.71. The van der Waals surface area contributed by atoms with Crippen molar-refractivity contribution in [1.82, 2.24) is 0 Å². The van der Waals surface area contributed by atoms with E-state index in [9.17, 15) is 9.59 Å². The minimum atomic E-state index is -0.281. The van der Waals surface area contributed by atoms with Crippen LogP contribution in [0.4, 0.5) is 11.4 Å². The van der Waals surface area contributed by atoms with Gasteiger partial charge in [-0.1, -0.05) is 37.1 Å². The molecule has 0 spiro atoms. The molecular formula is C20H23ClN2O2S. The van der Waals surface area contributed by atoms with E-state index in [1.807, 2.05) is 43.3 Å². The Labute approximate surface area is 163 Å². The summed E-state index contributed by atoms with van der Waals surface area (Å²) in [5, 5.41) is 5.95. The summed E-state index contributed by atoms with van der Waals surface area (Å²) in [5.41, 5.74) is 1.38. The number of benzene rings is 2. The highest BCUT2D eigenvalue weighted by molar-refractivity contribution is 8.00. The molecule has 0 saturated carbocycles. The van der Waals surface area contributed by atoms with Crippen molar-refractivity contribution in [2.24, 2.45) is 0 Å². The van der Waals surface area contributed by atoms with Gasteiger partial charge in [-0.25, -0.2) is 0 Å². The SMILES string of the molecule is CCCCC(=O)Nc1ccc(SC(C)C(=O)Nc2ccccc2Cl)cc1. The van der Waals surface area contributed by atoms with E-state index in [1.54, 1.807) is 12.1 Å². The van der Waals surface area contributed by atoms with Crippen LogP contribution < -0.4 is 10.6 Å². The van der Waals surface area contributed by atoms with Crippen LogP contribution in [-0.2, 0) is 9.59 Å². The summed E-state index contributed by atoms with van der Waals surface area (Å²) in [7, 11) is 0. The van der Waals surface area contributed by atoms with Crippen LogP contribution in [-0.4, -0.2) is 17.1 Å². The van der Waals surface area contributed by atoms with Crippen molar-refractivity contribution < 1.29 is 9.59 Å². The maximum absolute atomic E-state index is 12.3. The Hall–Kier alpha value is -1.98. The molecule has 2 aromatic carbocycles. The van der Waals surface area contributed by atoms with Gasteiger partial charge in [-0.15, -0.1) is 11.8 Å². The first-order valence-electron chi connectivity index (χ1n) is 8.61. The molecule has 138 valence electrons. The zero-order valence-corrected chi connectivity index (χ0v) is 16.5. The summed E-state index contributed by atoms with van der Waals surface area (Å²) in [6, 6.07) is 14.7. The van der Waals surface area contributed by atoms with Gasteiger partial charge in [0.15, 0.2) is 0 Å². The minimum Gasteiger partial charge on any atom is -0.326 e. The van der Waals surface area contributed by atoms with Crippen LogP contribution in [0.1, 0.15) is 33.1 Å². The molecule has 0 aliphatic rings. The predicted molar refractivity (Wildman–Crippen MR) is 110 cm³/mol. The molecule has 26 heavy (non-hydrogen) atoms. The van der Waals surface area contributed by atoms with Crippen LogP contribution in [0.15, 0.2) is 53.4 Å². The van der Waals surface area contributed by atoms with Crippen LogP contribution >= 0.6 is 23.4 Å². The highest BCUT2D eigenvalue weighted by Gasteiger charge is 2.15. The van der Waals surface area contributed by atoms with Gasteiger partial charge in [0.05, 0.1) is 16.0 Å². The fraction of sp³-hybridized carbons (Fsp3) is 0.300. The van der Waals surface area contributed by atoms with Crippen LogP contribution in [0.3, 0.4) is 0 Å². The molecule has 2 amide bonds. The van der Waals surface area contributed by atoms with Crippen molar-refractivity contribution in [2.45, 2.75) is 43.3 Å². The predicted octanol–water partition coefficient (Wildman–Crippen LogP) is 5.59. The number of para-hydroxylation sites is 1. The van der Waals surface area contributed by atoms with Crippen molar-refractivity contribution in [3.05, 3.63) is 53.6 Å². The third kappa shape index (κ3) is 6.39. The van der Waals surface area contributed by atoms with Gasteiger partial charge < -0.3 is 10.6 Å². The monoisotopic (exact) mass is 390 g/mol. The number of carbonyl (C=O) groups is 2. The molecule has 4 nitrogen and oxygen atoms in total. The van der Waals surface area contributed by atoms with E-state index in [-0.39, 0.29) is 17.1 Å². The molecule has 2 rings (SSSR count). The second-order valence-electron chi connectivity index (χ2n) is 5.91. The van der Waals surface area contributed by atoms with Gasteiger partial charge in [-0.2, -0.15) is 0 Å². The van der Waals surface area contributed by atoms with E-state index in [0.29, 0.717) is 17.1 Å². The second kappa shape index (κ2) is 10.2. The number of unbranched alkanes of at least 4 members (excludes halogenated alkanes) is 1. The summed E-state index contributed by atoms with van der Waals surface area (Å²) in [5.74, 6) is -0.0835. The van der Waals surface area contributed by atoms with Gasteiger partial charge in [-0.05, 0) is 49.7 Å². The molecule has 0 saturated heterocycles. The molecule has 0 bridgehead atoms. The van der Waals surface area contributed by atoms with E-state index < -0.39 is 0 Å². The van der Waals surface area contributed by atoms with Gasteiger partial charge in [0.2, 0.25) is 11.8 Å². The zero-order chi connectivity index (χ0) is 18.9. The Balaban J connectivity index is 1.88. The van der Waals surface area contributed by atoms with Gasteiger partial charge in [0.25, 0.3) is 0 Å². The molecule has 0 aliphatic carbocycles. The van der Waals surface area contributed by atoms with E-state index >= 15 is 0 Å². The first-order valence-corrected chi connectivity index (χ1v) is 9.87. The Morgan fingerprint density at radius 2 is 1.77 bits per heavy atom. The van der Waals surface area contributed by atoms with Crippen LogP contribution in [0.2, 0.25) is 5.02 Å². The lowest BCUT2D eigenvalue weighted by Gasteiger charge is -2.13. The number of rotatable bonds is 8. The van der Waals surface area contributed by atoms with E-state index in [0.717, 1.165) is 23.4 Å². The molecule has 0 heterocycles. The fourth-order valence-electron chi connectivity index (χ4n) is 2.23. The Morgan fingerprint density at radius 1 is 1.08 bits per heavy atom. The van der Waals surface area contributed by atoms with Crippen LogP contribution in [0, 0.1) is 0 Å². The maximum Gasteiger partial charge on any atom is 0.237 e. The van der Waals surface area contributed by atoms with Crippen molar-refractivity contribution >= 4 is 46.6 Å². The number of thioether (sulfide) groups is 1. The molecule has 0 radical (unpaired) electrons. The second-order valence-corrected chi connectivity index (χ2v) is 7.73. The number of carbonyl (C=O) groups excluding carboxylic acids is 2. The van der Waals surface area contributed by atoms with Crippen LogP contribution in [0.25, 0.3) is 0 Å². The normalized spacial score (nSPS) is 11.7. The molecule has 6 heteroatoms. The molecule has 0 aliphatic heterocycles. The number of hydrogen-bond acceptors (Lipinski definition) is 3. The maximum atomic E-state index is 12.3. The van der Waals surface area contributed by atoms with E-state index in [4.69, 9.17) is 11.6 Å². The van der Waals surface area contributed by atoms with E-state index in [2.05, 4.69) is 17.6 Å². The van der Waals surface area contributed by atoms with Gasteiger partial charge in [0, 0.05) is 17.0 Å². The lowest BCUT2D eigenvalue weighted by Crippen LogP contribution is -2.22. The van der Waals surface area contributed by atoms with Crippen LogP contribution in [0.5, 0.6) is 0 Å². The Morgan fingerprint density at radius 3 is 2.42 bits per heavy atom. The summed E-state index contributed by atoms with van der Waals surface area (Å²) >= 11 is 7.52. The zero-order valence-electron chi connectivity index (χ0n) is 14.9. The van der Waals surface area contributed by atoms with Crippen molar-refractivity contribution in [3.63, 3.8) is 0 Å². The molecule has 1 atom stereocenters. The molecule has 1 unspecified atom stereocenters. The largest absolute Gasteiger partial charge is 0.326 e. The minimum absolute atomic E-state index is 0.0275. The smallest absolute Gasteiger partial charge is 0.237 e. The summed E-state index contributed by atoms with van der Waals surface area (Å²) in [6.07, 6.45) is 2.42. The van der Waals surface area contributed by atoms with Crippen molar-refractivity contribution in [2.75, 3.05) is 10.6 Å². The van der Waals surface area contributed by atoms with Crippen molar-refractivity contribution in [3.8, 4) is 0 Å².